The maximum Gasteiger partial charge on any atom is 0.268 e. The number of aromatic amines is 1. The Bertz CT molecular complexity index is 1210. The molecule has 2 N–H and O–H groups in total. The fourth-order valence-electron chi connectivity index (χ4n) is 3.65. The number of carbonyl (C=O) groups excluding carboxylic acids is 2. The molecule has 29 heavy (non-hydrogen) atoms. The van der Waals surface area contributed by atoms with E-state index < -0.39 is 15.9 Å². The van der Waals surface area contributed by atoms with Gasteiger partial charge in [-0.3, -0.25) is 9.59 Å². The van der Waals surface area contributed by atoms with Gasteiger partial charge in [-0.05, 0) is 49.6 Å². The molecule has 0 bridgehead atoms. The van der Waals surface area contributed by atoms with Crippen molar-refractivity contribution in [1.29, 1.82) is 0 Å². The van der Waals surface area contributed by atoms with Crippen molar-refractivity contribution in [3.05, 3.63) is 65.4 Å². The Morgan fingerprint density at radius 3 is 2.76 bits per heavy atom. The van der Waals surface area contributed by atoms with Gasteiger partial charge in [0.15, 0.2) is 0 Å². The molecule has 3 aromatic rings. The molecule has 0 aliphatic carbocycles. The molecule has 0 saturated heterocycles. The van der Waals surface area contributed by atoms with Crippen LogP contribution in [-0.2, 0) is 16.4 Å². The fourth-order valence-corrected chi connectivity index (χ4v) is 5.25. The third-order valence-electron chi connectivity index (χ3n) is 5.14. The highest BCUT2D eigenvalue weighted by Crippen LogP contribution is 2.30. The Morgan fingerprint density at radius 1 is 1.17 bits per heavy atom. The third kappa shape index (κ3) is 3.29. The highest BCUT2D eigenvalue weighted by molar-refractivity contribution is 7.90. The van der Waals surface area contributed by atoms with Crippen molar-refractivity contribution in [2.45, 2.75) is 24.7 Å². The number of H-pyrrole nitrogens is 1. The summed E-state index contributed by atoms with van der Waals surface area (Å²) in [6.45, 7) is 2.12. The van der Waals surface area contributed by atoms with Crippen LogP contribution in [0.25, 0.3) is 10.9 Å². The number of amides is 2. The predicted octanol–water partition coefficient (Wildman–Crippen LogP) is 2.69. The highest BCUT2D eigenvalue weighted by atomic mass is 32.2. The molecule has 0 atom stereocenters. The van der Waals surface area contributed by atoms with Gasteiger partial charge in [0.1, 0.15) is 4.90 Å². The second-order valence-electron chi connectivity index (χ2n) is 6.90. The first-order chi connectivity index (χ1) is 13.9. The van der Waals surface area contributed by atoms with Crippen LogP contribution in [0.1, 0.15) is 39.6 Å². The molecule has 150 valence electrons. The fraction of sp³-hybridized carbons (Fsp3) is 0.238. The molecule has 0 spiro atoms. The summed E-state index contributed by atoms with van der Waals surface area (Å²) >= 11 is 0. The number of carbonyl (C=O) groups is 2. The van der Waals surface area contributed by atoms with Gasteiger partial charge in [0.2, 0.25) is 0 Å². The first-order valence-electron chi connectivity index (χ1n) is 9.48. The van der Waals surface area contributed by atoms with Crippen LogP contribution in [0.4, 0.5) is 0 Å². The molecule has 1 aromatic heterocycles. The van der Waals surface area contributed by atoms with E-state index >= 15 is 0 Å². The van der Waals surface area contributed by atoms with E-state index in [1.807, 2.05) is 24.4 Å². The average molecular weight is 411 g/mol. The van der Waals surface area contributed by atoms with Crippen molar-refractivity contribution < 1.29 is 18.0 Å². The molecule has 2 heterocycles. The van der Waals surface area contributed by atoms with Crippen molar-refractivity contribution in [3.63, 3.8) is 0 Å². The number of aromatic nitrogens is 1. The topological polar surface area (TPSA) is 99.3 Å². The van der Waals surface area contributed by atoms with Crippen LogP contribution in [0, 0.1) is 0 Å². The van der Waals surface area contributed by atoms with Crippen LogP contribution in [0.2, 0.25) is 0 Å². The summed E-state index contributed by atoms with van der Waals surface area (Å²) in [6, 6.07) is 12.2. The first kappa shape index (κ1) is 19.2. The van der Waals surface area contributed by atoms with E-state index in [0.29, 0.717) is 6.54 Å². The number of para-hydroxylation sites is 1. The summed E-state index contributed by atoms with van der Waals surface area (Å²) in [4.78, 5) is 27.8. The van der Waals surface area contributed by atoms with Crippen molar-refractivity contribution >= 4 is 32.7 Å². The standard InChI is InChI=1S/C21H21N3O4S/c1-2-24-21(26)17-10-9-14(12-19(17)29(24,27)28)20(25)22-11-5-6-15-13-23-18-8-4-3-7-16(15)18/h3-4,7-10,12-13,23H,2,5-6,11H2,1H3,(H,22,25). The van der Waals surface area contributed by atoms with E-state index in [-0.39, 0.29) is 28.5 Å². The first-order valence-corrected chi connectivity index (χ1v) is 10.9. The minimum absolute atomic E-state index is 0.0607. The third-order valence-corrected chi connectivity index (χ3v) is 7.04. The number of rotatable bonds is 6. The van der Waals surface area contributed by atoms with E-state index in [2.05, 4.69) is 16.4 Å². The lowest BCUT2D eigenvalue weighted by Gasteiger charge is -2.11. The second-order valence-corrected chi connectivity index (χ2v) is 8.74. The Labute approximate surface area is 168 Å². The second kappa shape index (κ2) is 7.36. The quantitative estimate of drug-likeness (QED) is 0.609. The van der Waals surface area contributed by atoms with E-state index in [9.17, 15) is 18.0 Å². The predicted molar refractivity (Wildman–Crippen MR) is 109 cm³/mol. The summed E-state index contributed by atoms with van der Waals surface area (Å²) in [5, 5.41) is 4.00. The molecule has 0 unspecified atom stereocenters. The van der Waals surface area contributed by atoms with Crippen LogP contribution in [0.3, 0.4) is 0 Å². The van der Waals surface area contributed by atoms with Crippen LogP contribution < -0.4 is 5.32 Å². The number of nitrogens with zero attached hydrogens (tertiary/aromatic N) is 1. The van der Waals surface area contributed by atoms with Crippen LogP contribution in [-0.4, -0.2) is 42.6 Å². The Hall–Kier alpha value is -3.13. The van der Waals surface area contributed by atoms with Crippen LogP contribution in [0.15, 0.2) is 53.6 Å². The Kier molecular flexibility index (Phi) is 4.87. The van der Waals surface area contributed by atoms with Gasteiger partial charge in [0, 0.05) is 35.8 Å². The number of fused-ring (bicyclic) bond motifs is 2. The van der Waals surface area contributed by atoms with Crippen molar-refractivity contribution in [2.24, 2.45) is 0 Å². The minimum Gasteiger partial charge on any atom is -0.361 e. The number of hydrogen-bond acceptors (Lipinski definition) is 4. The van der Waals surface area contributed by atoms with Crippen molar-refractivity contribution in [3.8, 4) is 0 Å². The van der Waals surface area contributed by atoms with Crippen LogP contribution >= 0.6 is 0 Å². The molecule has 0 radical (unpaired) electrons. The number of hydrogen-bond donors (Lipinski definition) is 2. The SMILES string of the molecule is CCN1C(=O)c2ccc(C(=O)NCCCc3c[nH]c4ccccc34)cc2S1(=O)=O. The van der Waals surface area contributed by atoms with Gasteiger partial charge in [-0.25, -0.2) is 12.7 Å². The van der Waals surface area contributed by atoms with E-state index in [4.69, 9.17) is 0 Å². The molecule has 4 rings (SSSR count). The lowest BCUT2D eigenvalue weighted by atomic mass is 10.1. The van der Waals surface area contributed by atoms with Gasteiger partial charge in [-0.2, -0.15) is 0 Å². The lowest BCUT2D eigenvalue weighted by molar-refractivity contribution is 0.0874. The van der Waals surface area contributed by atoms with Crippen molar-refractivity contribution in [1.82, 2.24) is 14.6 Å². The summed E-state index contributed by atoms with van der Waals surface area (Å²) in [5.74, 6) is -0.905. The molecule has 0 saturated carbocycles. The molecule has 8 heteroatoms. The summed E-state index contributed by atoms with van der Waals surface area (Å²) in [7, 11) is -3.88. The highest BCUT2D eigenvalue weighted by Gasteiger charge is 2.40. The van der Waals surface area contributed by atoms with Gasteiger partial charge >= 0.3 is 0 Å². The van der Waals surface area contributed by atoms with E-state index in [1.54, 1.807) is 6.92 Å². The molecule has 2 amide bonds. The zero-order chi connectivity index (χ0) is 20.6. The summed E-state index contributed by atoms with van der Waals surface area (Å²) in [6.07, 6.45) is 3.54. The van der Waals surface area contributed by atoms with Gasteiger partial charge in [-0.1, -0.05) is 18.2 Å². The Morgan fingerprint density at radius 2 is 1.97 bits per heavy atom. The maximum absolute atomic E-state index is 12.5. The molecule has 7 nitrogen and oxygen atoms in total. The summed E-state index contributed by atoms with van der Waals surface area (Å²) in [5.41, 5.74) is 2.62. The molecular weight excluding hydrogens is 390 g/mol. The number of benzene rings is 2. The molecular formula is C21H21N3O4S. The summed E-state index contributed by atoms with van der Waals surface area (Å²) < 4.78 is 25.8. The normalized spacial score (nSPS) is 14.9. The Balaban J connectivity index is 1.41. The molecule has 2 aromatic carbocycles. The largest absolute Gasteiger partial charge is 0.361 e. The minimum atomic E-state index is -3.88. The van der Waals surface area contributed by atoms with E-state index in [1.165, 1.54) is 29.1 Å². The smallest absolute Gasteiger partial charge is 0.268 e. The number of sulfonamides is 1. The van der Waals surface area contributed by atoms with Gasteiger partial charge in [0.25, 0.3) is 21.8 Å². The molecule has 0 fully saturated rings. The van der Waals surface area contributed by atoms with Crippen LogP contribution in [0.5, 0.6) is 0 Å². The zero-order valence-electron chi connectivity index (χ0n) is 15.9. The van der Waals surface area contributed by atoms with Gasteiger partial charge in [-0.15, -0.1) is 0 Å². The molecule has 1 aliphatic rings. The average Bonchev–Trinajstić information content (AvgIpc) is 3.21. The van der Waals surface area contributed by atoms with Crippen molar-refractivity contribution in [2.75, 3.05) is 13.1 Å². The monoisotopic (exact) mass is 411 g/mol. The van der Waals surface area contributed by atoms with Gasteiger partial charge in [0.05, 0.1) is 5.56 Å². The molecule has 1 aliphatic heterocycles. The van der Waals surface area contributed by atoms with E-state index in [0.717, 1.165) is 22.7 Å². The zero-order valence-corrected chi connectivity index (χ0v) is 16.8. The van der Waals surface area contributed by atoms with Gasteiger partial charge < -0.3 is 10.3 Å². The number of nitrogens with one attached hydrogen (secondary N) is 2. The maximum atomic E-state index is 12.5. The lowest BCUT2D eigenvalue weighted by Crippen LogP contribution is -2.29. The number of aryl methyl sites for hydroxylation is 1.